The van der Waals surface area contributed by atoms with Gasteiger partial charge in [-0.3, -0.25) is 4.90 Å². The first-order valence-corrected chi connectivity index (χ1v) is 11.1. The largest absolute Gasteiger partial charge is 0.454 e. The second-order valence-corrected chi connectivity index (χ2v) is 9.62. The highest BCUT2D eigenvalue weighted by Gasteiger charge is 2.30. The minimum absolute atomic E-state index is 0.111. The Hall–Kier alpha value is -1.51. The first-order chi connectivity index (χ1) is 13.3. The highest BCUT2D eigenvalue weighted by atomic mass is 35.5. The zero-order valence-corrected chi connectivity index (χ0v) is 17.6. The van der Waals surface area contributed by atoms with E-state index in [1.807, 2.05) is 18.2 Å². The highest BCUT2D eigenvalue weighted by Crippen LogP contribution is 2.33. The van der Waals surface area contributed by atoms with Crippen LogP contribution in [-0.4, -0.2) is 50.6 Å². The van der Waals surface area contributed by atoms with Crippen molar-refractivity contribution in [3.8, 4) is 11.5 Å². The summed E-state index contributed by atoms with van der Waals surface area (Å²) in [5.74, 6) is 1.52. The van der Waals surface area contributed by atoms with Crippen LogP contribution in [-0.2, 0) is 16.6 Å². The number of rotatable bonds is 4. The van der Waals surface area contributed by atoms with E-state index in [2.05, 4.69) is 4.90 Å². The van der Waals surface area contributed by atoms with Crippen molar-refractivity contribution < 1.29 is 17.9 Å². The standard InChI is InChI=1S/C19H20Cl2N2O4S/c1-13-8-19(16(21)10-15(13)20)28(24,25)23-6-4-22(5-7-23)11-14-2-3-17-18(9-14)27-12-26-17/h2-3,8-10H,4-7,11-12H2,1H3. The molecule has 4 rings (SSSR count). The van der Waals surface area contributed by atoms with Crippen molar-refractivity contribution >= 4 is 33.2 Å². The lowest BCUT2D eigenvalue weighted by atomic mass is 10.2. The van der Waals surface area contributed by atoms with Crippen molar-refractivity contribution in [3.05, 3.63) is 51.5 Å². The maximum atomic E-state index is 13.0. The van der Waals surface area contributed by atoms with Gasteiger partial charge in [0.2, 0.25) is 16.8 Å². The van der Waals surface area contributed by atoms with Gasteiger partial charge in [-0.1, -0.05) is 29.3 Å². The molecule has 1 saturated heterocycles. The van der Waals surface area contributed by atoms with Crippen LogP contribution < -0.4 is 9.47 Å². The second-order valence-electron chi connectivity index (χ2n) is 6.90. The van der Waals surface area contributed by atoms with Gasteiger partial charge in [0.05, 0.1) is 5.02 Å². The number of hydrogen-bond donors (Lipinski definition) is 0. The molecule has 150 valence electrons. The van der Waals surface area contributed by atoms with Crippen molar-refractivity contribution in [2.24, 2.45) is 0 Å². The maximum absolute atomic E-state index is 13.0. The molecule has 2 aromatic rings. The molecule has 1 fully saturated rings. The molecule has 2 heterocycles. The molecule has 0 atom stereocenters. The normalized spacial score (nSPS) is 17.8. The molecule has 6 nitrogen and oxygen atoms in total. The first kappa shape index (κ1) is 19.8. The van der Waals surface area contributed by atoms with E-state index < -0.39 is 10.0 Å². The van der Waals surface area contributed by atoms with Crippen LogP contribution in [0.4, 0.5) is 0 Å². The van der Waals surface area contributed by atoms with Gasteiger partial charge in [0.15, 0.2) is 11.5 Å². The van der Waals surface area contributed by atoms with E-state index >= 15 is 0 Å². The van der Waals surface area contributed by atoms with Crippen molar-refractivity contribution in [2.45, 2.75) is 18.4 Å². The van der Waals surface area contributed by atoms with Crippen molar-refractivity contribution in [1.82, 2.24) is 9.21 Å². The van der Waals surface area contributed by atoms with E-state index in [4.69, 9.17) is 32.7 Å². The van der Waals surface area contributed by atoms with E-state index in [-0.39, 0.29) is 16.7 Å². The van der Waals surface area contributed by atoms with Gasteiger partial charge in [-0.15, -0.1) is 0 Å². The topological polar surface area (TPSA) is 59.1 Å². The average molecular weight is 443 g/mol. The number of nitrogens with zero attached hydrogens (tertiary/aromatic N) is 2. The quantitative estimate of drug-likeness (QED) is 0.724. The molecule has 0 amide bonds. The number of hydrogen-bond acceptors (Lipinski definition) is 5. The third-order valence-corrected chi connectivity index (χ3v) is 7.78. The van der Waals surface area contributed by atoms with E-state index in [9.17, 15) is 8.42 Å². The summed E-state index contributed by atoms with van der Waals surface area (Å²) in [5.41, 5.74) is 1.79. The SMILES string of the molecule is Cc1cc(S(=O)(=O)N2CCN(Cc3ccc4c(c3)OCO4)CC2)c(Cl)cc1Cl. The number of piperazine rings is 1. The molecule has 0 radical (unpaired) electrons. The summed E-state index contributed by atoms with van der Waals surface area (Å²) in [6.45, 7) is 4.83. The van der Waals surface area contributed by atoms with E-state index in [0.29, 0.717) is 36.8 Å². The van der Waals surface area contributed by atoms with Gasteiger partial charge < -0.3 is 9.47 Å². The first-order valence-electron chi connectivity index (χ1n) is 8.91. The Kier molecular flexibility index (Phi) is 5.46. The van der Waals surface area contributed by atoms with Crippen molar-refractivity contribution in [3.63, 3.8) is 0 Å². The fraction of sp³-hybridized carbons (Fsp3) is 0.368. The highest BCUT2D eigenvalue weighted by molar-refractivity contribution is 7.89. The van der Waals surface area contributed by atoms with Gasteiger partial charge in [-0.25, -0.2) is 8.42 Å². The van der Waals surface area contributed by atoms with Crippen molar-refractivity contribution in [1.29, 1.82) is 0 Å². The summed E-state index contributed by atoms with van der Waals surface area (Å²) in [4.78, 5) is 2.33. The number of benzene rings is 2. The summed E-state index contributed by atoms with van der Waals surface area (Å²) in [5, 5.41) is 0.607. The summed E-state index contributed by atoms with van der Waals surface area (Å²) < 4.78 is 38.3. The maximum Gasteiger partial charge on any atom is 0.244 e. The number of aryl methyl sites for hydroxylation is 1. The summed E-state index contributed by atoms with van der Waals surface area (Å²) in [7, 11) is -3.66. The van der Waals surface area contributed by atoms with Gasteiger partial charge in [0, 0.05) is 37.7 Å². The van der Waals surface area contributed by atoms with Crippen LogP contribution in [0.15, 0.2) is 35.2 Å². The predicted octanol–water partition coefficient (Wildman–Crippen LogP) is 3.54. The minimum Gasteiger partial charge on any atom is -0.454 e. The Bertz CT molecular complexity index is 1010. The Labute approximate surface area is 174 Å². The number of fused-ring (bicyclic) bond motifs is 1. The molecule has 0 unspecified atom stereocenters. The van der Waals surface area contributed by atoms with Crippen molar-refractivity contribution in [2.75, 3.05) is 33.0 Å². The predicted molar refractivity (Wildman–Crippen MR) is 108 cm³/mol. The van der Waals surface area contributed by atoms with Gasteiger partial charge in [-0.05, 0) is 42.3 Å². The molecule has 2 aromatic carbocycles. The van der Waals surface area contributed by atoms with Crippen LogP contribution in [0.25, 0.3) is 0 Å². The van der Waals surface area contributed by atoms with Crippen LogP contribution in [0, 0.1) is 6.92 Å². The number of sulfonamides is 1. The molecule has 0 saturated carbocycles. The Balaban J connectivity index is 1.43. The molecule has 2 aliphatic heterocycles. The smallest absolute Gasteiger partial charge is 0.244 e. The van der Waals surface area contributed by atoms with E-state index in [1.165, 1.54) is 10.4 Å². The van der Waals surface area contributed by atoms with Gasteiger partial charge in [-0.2, -0.15) is 4.31 Å². The molecule has 2 aliphatic rings. The molecule has 0 spiro atoms. The molecule has 28 heavy (non-hydrogen) atoms. The molecular formula is C19H20Cl2N2O4S. The van der Waals surface area contributed by atoms with Crippen LogP contribution in [0.1, 0.15) is 11.1 Å². The van der Waals surface area contributed by atoms with Gasteiger partial charge in [0.1, 0.15) is 4.90 Å². The average Bonchev–Trinajstić information content (AvgIpc) is 3.13. The van der Waals surface area contributed by atoms with E-state index in [0.717, 1.165) is 23.6 Å². The number of ether oxygens (including phenoxy) is 2. The summed E-state index contributed by atoms with van der Waals surface area (Å²) in [6, 6.07) is 8.91. The zero-order valence-electron chi connectivity index (χ0n) is 15.3. The number of halogens is 2. The molecular weight excluding hydrogens is 423 g/mol. The third kappa shape index (κ3) is 3.82. The minimum atomic E-state index is -3.66. The lowest BCUT2D eigenvalue weighted by Crippen LogP contribution is -2.48. The van der Waals surface area contributed by atoms with Crippen LogP contribution >= 0.6 is 23.2 Å². The third-order valence-electron chi connectivity index (χ3n) is 5.01. The Morgan fingerprint density at radius 2 is 1.68 bits per heavy atom. The summed E-state index contributed by atoms with van der Waals surface area (Å²) in [6.07, 6.45) is 0. The molecule has 0 aliphatic carbocycles. The summed E-state index contributed by atoms with van der Waals surface area (Å²) >= 11 is 12.2. The van der Waals surface area contributed by atoms with Crippen LogP contribution in [0.5, 0.6) is 11.5 Å². The van der Waals surface area contributed by atoms with Crippen LogP contribution in [0.2, 0.25) is 10.0 Å². The molecule has 0 bridgehead atoms. The monoisotopic (exact) mass is 442 g/mol. The van der Waals surface area contributed by atoms with Crippen LogP contribution in [0.3, 0.4) is 0 Å². The zero-order chi connectivity index (χ0) is 19.9. The Morgan fingerprint density at radius 3 is 2.43 bits per heavy atom. The fourth-order valence-electron chi connectivity index (χ4n) is 3.39. The fourth-order valence-corrected chi connectivity index (χ4v) is 5.62. The van der Waals surface area contributed by atoms with E-state index in [1.54, 1.807) is 13.0 Å². The molecule has 0 aromatic heterocycles. The Morgan fingerprint density at radius 1 is 0.964 bits per heavy atom. The lowest BCUT2D eigenvalue weighted by molar-refractivity contribution is 0.173. The second kappa shape index (κ2) is 7.72. The molecule has 9 heteroatoms. The molecule has 0 N–H and O–H groups in total. The lowest BCUT2D eigenvalue weighted by Gasteiger charge is -2.34. The van der Waals surface area contributed by atoms with Gasteiger partial charge in [0.25, 0.3) is 0 Å². The van der Waals surface area contributed by atoms with Gasteiger partial charge >= 0.3 is 0 Å².